The van der Waals surface area contributed by atoms with Crippen LogP contribution in [0.3, 0.4) is 0 Å². The van der Waals surface area contributed by atoms with Crippen molar-refractivity contribution in [3.8, 4) is 5.75 Å². The SMILES string of the molecule is O=C(O)Oc1cnc2ncc3ccc[nH]c3c12. The monoisotopic (exact) mass is 229 g/mol. The molecule has 0 atom stereocenters. The van der Waals surface area contributed by atoms with Crippen LogP contribution in [-0.4, -0.2) is 26.2 Å². The second-order valence-electron chi connectivity index (χ2n) is 3.45. The standard InChI is InChI=1S/C11H7N3O3/c15-11(16)17-7-5-14-10-8(7)9-6(4-13-10)2-1-3-12-9/h1-5,12H,(H,15,16). The van der Waals surface area contributed by atoms with Gasteiger partial charge in [0.1, 0.15) is 0 Å². The average molecular weight is 229 g/mol. The zero-order valence-corrected chi connectivity index (χ0v) is 8.54. The normalized spacial score (nSPS) is 10.8. The molecule has 0 radical (unpaired) electrons. The molecule has 0 aliphatic rings. The molecule has 0 aliphatic carbocycles. The van der Waals surface area contributed by atoms with Gasteiger partial charge >= 0.3 is 6.16 Å². The van der Waals surface area contributed by atoms with Crippen molar-refractivity contribution < 1.29 is 14.6 Å². The predicted molar refractivity (Wildman–Crippen MR) is 60.0 cm³/mol. The summed E-state index contributed by atoms with van der Waals surface area (Å²) in [5.41, 5.74) is 1.21. The lowest BCUT2D eigenvalue weighted by Crippen LogP contribution is -2.02. The van der Waals surface area contributed by atoms with Crippen LogP contribution in [0.25, 0.3) is 21.9 Å². The van der Waals surface area contributed by atoms with Crippen molar-refractivity contribution in [1.29, 1.82) is 0 Å². The smallest absolute Gasteiger partial charge is 0.449 e. The van der Waals surface area contributed by atoms with Crippen LogP contribution < -0.4 is 4.74 Å². The van der Waals surface area contributed by atoms with Gasteiger partial charge in [0.15, 0.2) is 11.4 Å². The second-order valence-corrected chi connectivity index (χ2v) is 3.45. The van der Waals surface area contributed by atoms with Crippen molar-refractivity contribution in [2.45, 2.75) is 0 Å². The van der Waals surface area contributed by atoms with Gasteiger partial charge in [0.25, 0.3) is 0 Å². The van der Waals surface area contributed by atoms with E-state index in [4.69, 9.17) is 5.11 Å². The molecular formula is C11H7N3O3. The number of hydrogen-bond acceptors (Lipinski definition) is 4. The van der Waals surface area contributed by atoms with Crippen LogP contribution in [0, 0.1) is 0 Å². The minimum absolute atomic E-state index is 0.188. The van der Waals surface area contributed by atoms with E-state index in [1.165, 1.54) is 6.20 Å². The highest BCUT2D eigenvalue weighted by atomic mass is 16.7. The van der Waals surface area contributed by atoms with Crippen molar-refractivity contribution in [1.82, 2.24) is 15.0 Å². The molecule has 0 amide bonds. The van der Waals surface area contributed by atoms with Crippen molar-refractivity contribution in [2.24, 2.45) is 0 Å². The summed E-state index contributed by atoms with van der Waals surface area (Å²) < 4.78 is 4.67. The number of nitrogens with zero attached hydrogens (tertiary/aromatic N) is 2. The molecule has 0 fully saturated rings. The number of ether oxygens (including phenoxy) is 1. The van der Waals surface area contributed by atoms with Crippen molar-refractivity contribution in [3.63, 3.8) is 0 Å². The third-order valence-electron chi connectivity index (χ3n) is 2.44. The van der Waals surface area contributed by atoms with Gasteiger partial charge in [0.05, 0.1) is 17.1 Å². The molecule has 0 spiro atoms. The number of fused-ring (bicyclic) bond motifs is 3. The number of pyridine rings is 2. The number of carbonyl (C=O) groups is 1. The van der Waals surface area contributed by atoms with Gasteiger partial charge in [-0.3, -0.25) is 0 Å². The van der Waals surface area contributed by atoms with E-state index >= 15 is 0 Å². The molecule has 3 heterocycles. The number of hydrogen-bond donors (Lipinski definition) is 2. The van der Waals surface area contributed by atoms with Crippen LogP contribution in [0.15, 0.2) is 30.7 Å². The summed E-state index contributed by atoms with van der Waals surface area (Å²) in [7, 11) is 0. The van der Waals surface area contributed by atoms with E-state index in [1.54, 1.807) is 12.4 Å². The third-order valence-corrected chi connectivity index (χ3v) is 2.44. The Morgan fingerprint density at radius 3 is 3.00 bits per heavy atom. The first-order chi connectivity index (χ1) is 8.25. The van der Waals surface area contributed by atoms with Gasteiger partial charge in [-0.25, -0.2) is 14.8 Å². The van der Waals surface area contributed by atoms with E-state index in [1.807, 2.05) is 12.1 Å². The number of rotatable bonds is 1. The molecule has 2 N–H and O–H groups in total. The minimum atomic E-state index is -1.37. The maximum absolute atomic E-state index is 10.6. The van der Waals surface area contributed by atoms with E-state index in [0.29, 0.717) is 11.0 Å². The van der Waals surface area contributed by atoms with E-state index in [0.717, 1.165) is 10.9 Å². The molecule has 3 aromatic heterocycles. The lowest BCUT2D eigenvalue weighted by Gasteiger charge is -2.01. The molecule has 0 saturated heterocycles. The van der Waals surface area contributed by atoms with Crippen LogP contribution in [0.1, 0.15) is 0 Å². The summed E-state index contributed by atoms with van der Waals surface area (Å²) in [4.78, 5) is 21.7. The van der Waals surface area contributed by atoms with Crippen molar-refractivity contribution >= 4 is 28.1 Å². The first-order valence-electron chi connectivity index (χ1n) is 4.87. The minimum Gasteiger partial charge on any atom is -0.449 e. The maximum Gasteiger partial charge on any atom is 0.511 e. The van der Waals surface area contributed by atoms with Crippen LogP contribution >= 0.6 is 0 Å². The van der Waals surface area contributed by atoms with E-state index < -0.39 is 6.16 Å². The number of nitrogens with one attached hydrogen (secondary N) is 1. The molecule has 6 heteroatoms. The van der Waals surface area contributed by atoms with Crippen molar-refractivity contribution in [2.75, 3.05) is 0 Å². The first-order valence-corrected chi connectivity index (χ1v) is 4.87. The van der Waals surface area contributed by atoms with Crippen LogP contribution in [0.4, 0.5) is 4.79 Å². The Bertz CT molecular complexity index is 720. The molecule has 0 unspecified atom stereocenters. The molecule has 84 valence electrons. The Hall–Kier alpha value is -2.63. The van der Waals surface area contributed by atoms with Crippen LogP contribution in [-0.2, 0) is 0 Å². The van der Waals surface area contributed by atoms with Gasteiger partial charge in [-0.2, -0.15) is 0 Å². The highest BCUT2D eigenvalue weighted by Gasteiger charge is 2.13. The van der Waals surface area contributed by atoms with E-state index in [9.17, 15) is 4.79 Å². The fraction of sp³-hybridized carbons (Fsp3) is 0. The van der Waals surface area contributed by atoms with Crippen LogP contribution in [0.5, 0.6) is 5.75 Å². The van der Waals surface area contributed by atoms with E-state index in [2.05, 4.69) is 19.7 Å². The Labute approximate surface area is 94.9 Å². The highest BCUT2D eigenvalue weighted by Crippen LogP contribution is 2.29. The molecular weight excluding hydrogens is 222 g/mol. The number of H-pyrrole nitrogens is 1. The molecule has 0 bridgehead atoms. The molecule has 3 aromatic rings. The Balaban J connectivity index is 2.38. The number of carboxylic acid groups (broad SMARTS) is 1. The predicted octanol–water partition coefficient (Wildman–Crippen LogP) is 2.17. The van der Waals surface area contributed by atoms with Gasteiger partial charge in [-0.15, -0.1) is 0 Å². The summed E-state index contributed by atoms with van der Waals surface area (Å²) in [6.45, 7) is 0. The lowest BCUT2D eigenvalue weighted by molar-refractivity contribution is 0.145. The molecule has 0 aromatic carbocycles. The summed E-state index contributed by atoms with van der Waals surface area (Å²) in [6.07, 6.45) is 3.41. The first kappa shape index (κ1) is 9.59. The van der Waals surface area contributed by atoms with E-state index in [-0.39, 0.29) is 5.75 Å². The van der Waals surface area contributed by atoms with Gasteiger partial charge < -0.3 is 14.8 Å². The third kappa shape index (κ3) is 1.46. The topological polar surface area (TPSA) is 88.1 Å². The Morgan fingerprint density at radius 2 is 2.18 bits per heavy atom. The van der Waals surface area contributed by atoms with Gasteiger partial charge in [0.2, 0.25) is 0 Å². The summed E-state index contributed by atoms with van der Waals surface area (Å²) in [5.74, 6) is 0.188. The number of aromatic nitrogens is 3. The van der Waals surface area contributed by atoms with Gasteiger partial charge in [-0.1, -0.05) is 0 Å². The van der Waals surface area contributed by atoms with Gasteiger partial charge in [0, 0.05) is 17.8 Å². The molecule has 6 nitrogen and oxygen atoms in total. The molecule has 0 aliphatic heterocycles. The quantitative estimate of drug-likeness (QED) is 0.624. The zero-order chi connectivity index (χ0) is 11.8. The fourth-order valence-corrected chi connectivity index (χ4v) is 1.77. The Morgan fingerprint density at radius 1 is 1.35 bits per heavy atom. The summed E-state index contributed by atoms with van der Waals surface area (Å²) in [6, 6.07) is 3.71. The largest absolute Gasteiger partial charge is 0.511 e. The summed E-state index contributed by atoms with van der Waals surface area (Å²) in [5, 5.41) is 10.1. The molecule has 3 rings (SSSR count). The Kier molecular flexibility index (Phi) is 1.94. The molecule has 17 heavy (non-hydrogen) atoms. The summed E-state index contributed by atoms with van der Waals surface area (Å²) >= 11 is 0. The highest BCUT2D eigenvalue weighted by molar-refractivity contribution is 6.05. The molecule has 0 saturated carbocycles. The maximum atomic E-state index is 10.6. The fourth-order valence-electron chi connectivity index (χ4n) is 1.77. The average Bonchev–Trinajstić information content (AvgIpc) is 2.72. The zero-order valence-electron chi connectivity index (χ0n) is 8.54. The van der Waals surface area contributed by atoms with Gasteiger partial charge in [-0.05, 0) is 12.1 Å². The van der Waals surface area contributed by atoms with Crippen LogP contribution in [0.2, 0.25) is 0 Å². The second kappa shape index (κ2) is 3.44. The number of aromatic amines is 1. The van der Waals surface area contributed by atoms with Crippen molar-refractivity contribution in [3.05, 3.63) is 30.7 Å². The lowest BCUT2D eigenvalue weighted by atomic mass is 10.2.